The Labute approximate surface area is 675 Å². The summed E-state index contributed by atoms with van der Waals surface area (Å²) in [5.74, 6) is -13.4. The van der Waals surface area contributed by atoms with Crippen molar-refractivity contribution in [3.8, 4) is 23.0 Å². The number of fused-ring (bicyclic) bond motifs is 4. The number of aliphatic hydroxyl groups is 8. The molecule has 40 nitrogen and oxygen atoms in total. The van der Waals surface area contributed by atoms with Crippen LogP contribution in [-0.2, 0) is 99.8 Å². The van der Waals surface area contributed by atoms with Gasteiger partial charge in [-0.3, -0.25) is 74.4 Å². The van der Waals surface area contributed by atoms with E-state index in [1.54, 1.807) is 72.8 Å². The molecule has 4 unspecified atom stereocenters. The number of hydrogen-bond donors (Lipinski definition) is 12. The monoisotopic (exact) mass is 1790 g/mol. The predicted molar refractivity (Wildman–Crippen MR) is 389 cm³/mol. The molecular formula is C64H64F4N8O32P4S4. The second-order valence-corrected chi connectivity index (χ2v) is 33.0. The van der Waals surface area contributed by atoms with Gasteiger partial charge >= 0.3 is 54.0 Å². The van der Waals surface area contributed by atoms with Crippen molar-refractivity contribution < 1.29 is 158 Å². The van der Waals surface area contributed by atoms with Gasteiger partial charge in [-0.2, -0.15) is 0 Å². The lowest BCUT2D eigenvalue weighted by molar-refractivity contribution is -0.205. The summed E-state index contributed by atoms with van der Waals surface area (Å²) in [5, 5.41) is 81.7. The summed E-state index contributed by atoms with van der Waals surface area (Å²) in [6.45, 7) is -10.5. The standard InChI is InChI=1S/4C16H16FN2O8PS/c4*17-16(8-25-28(23)24-7-9-3-1-2-4-10(9)27-28)13(21)12(20)14(26-16)19-6-5-11(29)18-15(19)22/h4*1-6,12-14,20-21H,7-8H2,(H,18,22,29)/t4*12-,13+,14-,16-,28?/m1111/s1/i8D2,14D;14D;8D2;. The van der Waals surface area contributed by atoms with Crippen LogP contribution < -0.4 is 40.9 Å². The van der Waals surface area contributed by atoms with Gasteiger partial charge < -0.3 is 77.9 Å². The number of benzene rings is 4. The minimum atomic E-state index is -4.78. The van der Waals surface area contributed by atoms with Gasteiger partial charge in [-0.05, 0) is 48.5 Å². The number of H-pyrrole nitrogens is 4. The highest BCUT2D eigenvalue weighted by Gasteiger charge is 2.62. The fourth-order valence-corrected chi connectivity index (χ4v) is 16.4. The number of phosphoric acid groups is 4. The molecule has 4 fully saturated rings. The number of phosphoric ester groups is 4. The van der Waals surface area contributed by atoms with E-state index in [4.69, 9.17) is 126 Å². The van der Waals surface area contributed by atoms with E-state index in [2.05, 4.69) is 24.5 Å². The molecule has 0 aliphatic carbocycles. The molecule has 4 saturated heterocycles. The van der Waals surface area contributed by atoms with Crippen LogP contribution >= 0.6 is 80.2 Å². The van der Waals surface area contributed by atoms with E-state index in [-0.39, 0.29) is 68.0 Å². The zero-order chi connectivity index (χ0) is 88.7. The summed E-state index contributed by atoms with van der Waals surface area (Å²) >= 11 is 19.1. The lowest BCUT2D eigenvalue weighted by Gasteiger charge is -2.28. The maximum Gasteiger partial charge on any atom is 0.530 e. The number of rotatable bonds is 16. The first-order valence-electron chi connectivity index (χ1n) is 36.1. The van der Waals surface area contributed by atoms with E-state index in [0.717, 1.165) is 29.2 Å². The van der Waals surface area contributed by atoms with Crippen LogP contribution in [0.25, 0.3) is 0 Å². The van der Waals surface area contributed by atoms with Gasteiger partial charge in [0.15, 0.2) is 24.9 Å². The predicted octanol–water partition coefficient (Wildman–Crippen LogP) is 6.22. The lowest BCUT2D eigenvalue weighted by atomic mass is 10.1. The van der Waals surface area contributed by atoms with Crippen molar-refractivity contribution in [2.45, 2.75) is 124 Å². The second-order valence-electron chi connectivity index (χ2n) is 25.0. The SMILES string of the molecule is O=c1[nH]c(=S)ccn1[C@@H]1O[C@](F)(COP2(=O)OCc3ccccc3O2)[C@@H](O)[C@H]1O.[2H]C([2H])(OP1(=O)OCc2ccccc2O1)[C@@]1(F)O[C@@H](n2ccc(=S)[nH]c2=O)[C@H](O)[C@@H]1O.[2H]C([2H])(OP1(=O)OCc2ccccc2O1)[C@@]1(F)O[C@@]([2H])(n2ccc(=S)[nH]c2=O)[C@H](O)[C@@H]1O.[2H][C@@]1(n2ccc(=S)[nH]c2=O)O[C@](F)(COP2(=O)OCc3ccccc3O2)[C@@H](O)[C@H]1O. The third-order valence-corrected chi connectivity index (χ3v) is 23.1. The van der Waals surface area contributed by atoms with Crippen LogP contribution in [-0.4, -0.2) is 178 Å². The summed E-state index contributed by atoms with van der Waals surface area (Å²) in [6.07, 6.45) is -23.4. The first kappa shape index (κ1) is 78.2. The van der Waals surface area contributed by atoms with Gasteiger partial charge in [0.25, 0.3) is 23.4 Å². The first-order chi connectivity index (χ1) is 57.0. The Morgan fingerprint density at radius 1 is 0.388 bits per heavy atom. The van der Waals surface area contributed by atoms with Crippen LogP contribution in [0.1, 0.15) is 55.3 Å². The van der Waals surface area contributed by atoms with Crippen molar-refractivity contribution in [2.75, 3.05) is 26.3 Å². The smallest absolute Gasteiger partial charge is 0.404 e. The van der Waals surface area contributed by atoms with Crippen molar-refractivity contribution in [3.63, 3.8) is 0 Å². The van der Waals surface area contributed by atoms with Gasteiger partial charge in [-0.1, -0.05) is 122 Å². The summed E-state index contributed by atoms with van der Waals surface area (Å²) in [6, 6.07) is 30.5. The Kier molecular flexibility index (Phi) is 23.1. The second kappa shape index (κ2) is 34.2. The summed E-state index contributed by atoms with van der Waals surface area (Å²) < 4.78 is 243. The molecule has 12 heterocycles. The van der Waals surface area contributed by atoms with Gasteiger partial charge in [-0.25, -0.2) is 55.0 Å². The Bertz CT molecular complexity index is 6080. The normalized spacial score (nSPS) is 36.1. The van der Waals surface area contributed by atoms with E-state index < -0.39 is 177 Å². The van der Waals surface area contributed by atoms with E-state index in [0.29, 0.717) is 36.0 Å². The Hall–Kier alpha value is -7.68. The maximum atomic E-state index is 15.7. The molecule has 0 radical (unpaired) electrons. The van der Waals surface area contributed by atoms with Crippen molar-refractivity contribution in [3.05, 3.63) is 229 Å². The molecule has 8 aliphatic rings. The minimum absolute atomic E-state index is 0.0349. The number of aliphatic hydroxyl groups excluding tert-OH is 8. The molecule has 4 aromatic carbocycles. The largest absolute Gasteiger partial charge is 0.530 e. The van der Waals surface area contributed by atoms with Gasteiger partial charge in [0.05, 0.1) is 34.7 Å². The number of aromatic nitrogens is 8. The molecule has 0 saturated carbocycles. The first-order valence-corrected chi connectivity index (χ1v) is 40.5. The van der Waals surface area contributed by atoms with E-state index >= 15 is 17.6 Å². The number of nitrogens with one attached hydrogen (secondary N) is 4. The number of aromatic amines is 4. The van der Waals surface area contributed by atoms with Crippen molar-refractivity contribution >= 4 is 80.2 Å². The molecule has 4 aromatic heterocycles. The quantitative estimate of drug-likeness (QED) is 0.0290. The van der Waals surface area contributed by atoms with Crippen LogP contribution in [0.15, 0.2) is 165 Å². The number of nitrogens with zero attached hydrogens (tertiary/aromatic N) is 4. The molecule has 116 heavy (non-hydrogen) atoms. The maximum absolute atomic E-state index is 15.7. The van der Waals surface area contributed by atoms with E-state index in [9.17, 15) is 78.3 Å². The third kappa shape index (κ3) is 18.5. The van der Waals surface area contributed by atoms with Crippen LogP contribution in [0, 0.1) is 18.6 Å². The topological polar surface area (TPSA) is 529 Å². The van der Waals surface area contributed by atoms with Gasteiger partial charge in [0.1, 0.15) is 117 Å². The zero-order valence-electron chi connectivity index (χ0n) is 64.0. The Balaban J connectivity index is 0.000000140. The minimum Gasteiger partial charge on any atom is -0.404 e. The molecule has 0 spiro atoms. The molecule has 624 valence electrons. The van der Waals surface area contributed by atoms with Crippen LogP contribution in [0.2, 0.25) is 0 Å². The highest BCUT2D eigenvalue weighted by atomic mass is 32.1. The fraction of sp³-hybridized carbons (Fsp3) is 0.375. The van der Waals surface area contributed by atoms with Crippen molar-refractivity contribution in [1.82, 2.24) is 38.2 Å². The highest BCUT2D eigenvalue weighted by Crippen LogP contribution is 2.60. The molecule has 0 bridgehead atoms. The van der Waals surface area contributed by atoms with Crippen LogP contribution in [0.4, 0.5) is 17.6 Å². The highest BCUT2D eigenvalue weighted by molar-refractivity contribution is 7.72. The average Bonchev–Trinajstić information content (AvgIpc) is 1.52. The van der Waals surface area contributed by atoms with Gasteiger partial charge in [-0.15, -0.1) is 0 Å². The molecule has 8 aromatic rings. The fourth-order valence-electron chi connectivity index (χ4n) is 11.2. The van der Waals surface area contributed by atoms with Gasteiger partial charge in [0.2, 0.25) is 0 Å². The lowest BCUT2D eigenvalue weighted by Crippen LogP contribution is -2.43. The summed E-state index contributed by atoms with van der Waals surface area (Å²) in [7, 11) is -17.9. The molecule has 8 aliphatic heterocycles. The van der Waals surface area contributed by atoms with E-state index in [1.807, 2.05) is 0 Å². The van der Waals surface area contributed by atoms with Crippen molar-refractivity contribution in [1.29, 1.82) is 0 Å². The average molecular weight is 1790 g/mol. The number of ether oxygens (including phenoxy) is 4. The number of alkyl halides is 4. The summed E-state index contributed by atoms with van der Waals surface area (Å²) in [4.78, 5) is 57.1. The number of para-hydroxylation sites is 4. The molecule has 12 N–H and O–H groups in total. The molecule has 16 rings (SSSR count). The van der Waals surface area contributed by atoms with Crippen molar-refractivity contribution in [2.24, 2.45) is 0 Å². The number of halogens is 4. The molecule has 0 amide bonds. The Morgan fingerprint density at radius 3 is 0.966 bits per heavy atom. The van der Waals surface area contributed by atoms with Gasteiger partial charge in [0, 0.05) is 47.0 Å². The summed E-state index contributed by atoms with van der Waals surface area (Å²) in [5.41, 5.74) is -1.56. The number of hydrogen-bond acceptors (Lipinski definition) is 36. The Morgan fingerprint density at radius 2 is 0.638 bits per heavy atom. The van der Waals surface area contributed by atoms with Crippen LogP contribution in [0.3, 0.4) is 0 Å². The van der Waals surface area contributed by atoms with Crippen LogP contribution in [0.5, 0.6) is 23.0 Å². The third-order valence-electron chi connectivity index (χ3n) is 17.2. The molecular weight excluding hydrogens is 1720 g/mol. The molecule has 52 heteroatoms. The van der Waals surface area contributed by atoms with E-state index in [1.165, 1.54) is 48.7 Å². The molecule has 20 atom stereocenters. The zero-order valence-corrected chi connectivity index (χ0v) is 64.8.